The number of ether oxygens (including phenoxy) is 1. The van der Waals surface area contributed by atoms with E-state index in [0.29, 0.717) is 5.56 Å². The number of aromatic amines is 1. The maximum atomic E-state index is 11.6. The molecule has 94 valence electrons. The van der Waals surface area contributed by atoms with Crippen LogP contribution in [-0.4, -0.2) is 38.6 Å². The van der Waals surface area contributed by atoms with Gasteiger partial charge < -0.3 is 14.9 Å². The average Bonchev–Trinajstić information content (AvgIpc) is 2.65. The Labute approximate surface area is 96.3 Å². The zero-order valence-electron chi connectivity index (χ0n) is 9.29. The van der Waals surface area contributed by atoms with Gasteiger partial charge in [0.1, 0.15) is 12.3 Å². The van der Waals surface area contributed by atoms with Crippen LogP contribution in [0.2, 0.25) is 0 Å². The normalized spacial score (nSPS) is 28.5. The maximum Gasteiger partial charge on any atom is 0.330 e. The lowest BCUT2D eigenvalue weighted by Crippen LogP contribution is -2.33. The summed E-state index contributed by atoms with van der Waals surface area (Å²) in [6.45, 7) is 1.26. The Hall–Kier alpha value is -1.44. The standard InChI is InChI=1S/C10H14N2O5/c1-5-3-12(10(16)11-9(5)15)8-2-6(14)7(4-13)17-8/h3,6-8,13-14H,2,4H2,1H3,(H,11,15,16)/t6-,7+,8+/m0/s1/i1+1,2+1,3+1,4+1,5+1,6+1,7+1,8+1,9+1,10+1. The van der Waals surface area contributed by atoms with E-state index in [9.17, 15) is 14.7 Å². The van der Waals surface area contributed by atoms with Crippen LogP contribution in [0.15, 0.2) is 15.8 Å². The summed E-state index contributed by atoms with van der Waals surface area (Å²) in [7, 11) is 0. The quantitative estimate of drug-likeness (QED) is 0.555. The Balaban J connectivity index is 2.34. The summed E-state index contributed by atoms with van der Waals surface area (Å²) in [5.74, 6) is 0. The number of hydrogen-bond acceptors (Lipinski definition) is 5. The highest BCUT2D eigenvalue weighted by atomic mass is 16.7. The minimum atomic E-state index is -0.816. The largest absolute Gasteiger partial charge is 0.394 e. The summed E-state index contributed by atoms with van der Waals surface area (Å²) >= 11 is 0. The van der Waals surface area contributed by atoms with E-state index in [1.807, 2.05) is 0 Å². The van der Waals surface area contributed by atoms with Gasteiger partial charge in [0.15, 0.2) is 0 Å². The van der Waals surface area contributed by atoms with Crippen molar-refractivity contribution in [3.8, 4) is 0 Å². The summed E-state index contributed by atoms with van der Waals surface area (Å²) < 4.78 is 6.54. The molecule has 1 aliphatic heterocycles. The number of aliphatic hydroxyl groups excluding tert-OH is 2. The lowest BCUT2D eigenvalue weighted by molar-refractivity contribution is -0.0459. The van der Waals surface area contributed by atoms with Crippen molar-refractivity contribution < 1.29 is 14.9 Å². The first-order valence-electron chi connectivity index (χ1n) is 5.29. The third-order valence-electron chi connectivity index (χ3n) is 2.84. The van der Waals surface area contributed by atoms with Crippen LogP contribution < -0.4 is 11.2 Å². The smallest absolute Gasteiger partial charge is 0.330 e. The molecule has 0 saturated carbocycles. The lowest BCUT2D eigenvalue weighted by atomic mass is 11.1. The van der Waals surface area contributed by atoms with Crippen LogP contribution in [0.1, 0.15) is 18.2 Å². The van der Waals surface area contributed by atoms with Crippen LogP contribution in [0.25, 0.3) is 0 Å². The van der Waals surface area contributed by atoms with Gasteiger partial charge >= 0.3 is 5.69 Å². The molecule has 7 nitrogen and oxygen atoms in total. The molecule has 1 saturated heterocycles. The number of nitrogens with one attached hydrogen (secondary N) is 1. The van der Waals surface area contributed by atoms with Crippen LogP contribution in [0, 0.1) is 6.92 Å². The molecule has 7 heteroatoms. The van der Waals surface area contributed by atoms with Crippen LogP contribution in [0.3, 0.4) is 0 Å². The Morgan fingerprint density at radius 3 is 2.88 bits per heavy atom. The van der Waals surface area contributed by atoms with Crippen molar-refractivity contribution in [1.29, 1.82) is 0 Å². The first-order chi connectivity index (χ1) is 8.02. The van der Waals surface area contributed by atoms with Crippen molar-refractivity contribution in [2.75, 3.05) is 6.61 Å². The summed E-state index contributed by atoms with van der Waals surface area (Å²) in [6, 6.07) is 0. The molecular weight excluding hydrogens is 238 g/mol. The SMILES string of the molecule is [13CH3][13c]1[13cH]n([13C@H]2[13CH2][13C@H](O)[13C@@H]([13CH2]O)O2)[13c](=O)[nH][13c]1=O. The fraction of sp³-hybridized carbons (Fsp3) is 0.600. The molecular formula is C10H14N2O5. The molecule has 1 aromatic rings. The monoisotopic (exact) mass is 252 g/mol. The minimum absolute atomic E-state index is 0.205. The predicted octanol–water partition coefficient (Wildman–Crippen LogP) is -1.51. The third-order valence-corrected chi connectivity index (χ3v) is 2.84. The van der Waals surface area contributed by atoms with Gasteiger partial charge in [0.2, 0.25) is 0 Å². The third kappa shape index (κ3) is 2.17. The molecule has 0 bridgehead atoms. The molecule has 0 aliphatic carbocycles. The second kappa shape index (κ2) is 4.44. The van der Waals surface area contributed by atoms with Crippen molar-refractivity contribution in [2.24, 2.45) is 0 Å². The van der Waals surface area contributed by atoms with Gasteiger partial charge in [-0.1, -0.05) is 0 Å². The molecule has 0 amide bonds. The number of aliphatic hydroxyl groups is 2. The summed E-state index contributed by atoms with van der Waals surface area (Å²) in [5.41, 5.74) is -0.643. The van der Waals surface area contributed by atoms with E-state index in [4.69, 9.17) is 9.84 Å². The number of rotatable bonds is 2. The van der Waals surface area contributed by atoms with Crippen LogP contribution in [-0.2, 0) is 4.74 Å². The van der Waals surface area contributed by atoms with Gasteiger partial charge in [-0.3, -0.25) is 14.3 Å². The van der Waals surface area contributed by atoms with Crippen LogP contribution in [0.5, 0.6) is 0 Å². The van der Waals surface area contributed by atoms with Crippen molar-refractivity contribution in [3.05, 3.63) is 32.6 Å². The highest BCUT2D eigenvalue weighted by Gasteiger charge is 2.34. The molecule has 3 N–H and O–H groups in total. The fourth-order valence-electron chi connectivity index (χ4n) is 1.85. The van der Waals surface area contributed by atoms with Crippen molar-refractivity contribution in [2.45, 2.75) is 31.8 Å². The predicted molar refractivity (Wildman–Crippen MR) is 57.7 cm³/mol. The Morgan fingerprint density at radius 2 is 2.29 bits per heavy atom. The van der Waals surface area contributed by atoms with Gasteiger partial charge in [-0.15, -0.1) is 0 Å². The van der Waals surface area contributed by atoms with Crippen LogP contribution in [0.4, 0.5) is 0 Å². The van der Waals surface area contributed by atoms with Crippen LogP contribution >= 0.6 is 0 Å². The molecule has 17 heavy (non-hydrogen) atoms. The minimum Gasteiger partial charge on any atom is -0.394 e. The van der Waals surface area contributed by atoms with Gasteiger partial charge in [0, 0.05) is 18.2 Å². The van der Waals surface area contributed by atoms with Gasteiger partial charge in [0.05, 0.1) is 12.7 Å². The van der Waals surface area contributed by atoms with E-state index in [1.54, 1.807) is 6.92 Å². The van der Waals surface area contributed by atoms with Gasteiger partial charge in [-0.05, 0) is 6.92 Å². The molecule has 2 heterocycles. The average molecular weight is 252 g/mol. The van der Waals surface area contributed by atoms with Gasteiger partial charge in [0.25, 0.3) is 5.56 Å². The van der Waals surface area contributed by atoms with Gasteiger partial charge in [-0.25, -0.2) is 4.79 Å². The summed E-state index contributed by atoms with van der Waals surface area (Å²) in [6.07, 6.45) is -0.581. The molecule has 1 aromatic heterocycles. The molecule has 0 radical (unpaired) electrons. The highest BCUT2D eigenvalue weighted by molar-refractivity contribution is 5.02. The van der Waals surface area contributed by atoms with E-state index in [-0.39, 0.29) is 13.0 Å². The fourth-order valence-corrected chi connectivity index (χ4v) is 1.85. The molecule has 0 spiro atoms. The van der Waals surface area contributed by atoms with E-state index in [1.165, 1.54) is 10.8 Å². The topological polar surface area (TPSA) is 105 Å². The second-order valence-electron chi connectivity index (χ2n) is 4.09. The second-order valence-corrected chi connectivity index (χ2v) is 4.09. The highest BCUT2D eigenvalue weighted by Crippen LogP contribution is 2.27. The van der Waals surface area contributed by atoms with Crippen molar-refractivity contribution in [1.82, 2.24) is 9.55 Å². The van der Waals surface area contributed by atoms with E-state index in [0.717, 1.165) is 0 Å². The number of hydrogen-bond donors (Lipinski definition) is 3. The first kappa shape index (κ1) is 12.0. The molecule has 0 unspecified atom stereocenters. The number of aromatic nitrogens is 2. The Bertz CT molecular complexity index is 520. The number of H-pyrrole nitrogens is 1. The summed E-state index contributed by atoms with van der Waals surface area (Å²) in [5, 5.41) is 18.5. The molecule has 2 rings (SSSR count). The van der Waals surface area contributed by atoms with Gasteiger partial charge in [-0.2, -0.15) is 0 Å². The van der Waals surface area contributed by atoms with E-state index < -0.39 is 29.7 Å². The molecule has 1 fully saturated rings. The lowest BCUT2D eigenvalue weighted by Gasteiger charge is -2.14. The molecule has 0 aromatic carbocycles. The zero-order valence-corrected chi connectivity index (χ0v) is 9.29. The molecule has 1 aliphatic rings. The van der Waals surface area contributed by atoms with Crippen molar-refractivity contribution >= 4 is 0 Å². The number of aryl methyl sites for hydroxylation is 1. The van der Waals surface area contributed by atoms with Crippen molar-refractivity contribution in [3.63, 3.8) is 0 Å². The number of nitrogens with zero attached hydrogens (tertiary/aromatic N) is 1. The first-order valence-corrected chi connectivity index (χ1v) is 5.29. The molecule has 3 atom stereocenters. The Morgan fingerprint density at radius 1 is 1.59 bits per heavy atom. The zero-order chi connectivity index (χ0) is 12.6. The summed E-state index contributed by atoms with van der Waals surface area (Å²) in [4.78, 5) is 24.9. The van der Waals surface area contributed by atoms with E-state index in [2.05, 4.69) is 4.98 Å². The maximum absolute atomic E-state index is 11.6. The Kier molecular flexibility index (Phi) is 3.14. The van der Waals surface area contributed by atoms with E-state index >= 15 is 0 Å².